The van der Waals surface area contributed by atoms with Crippen LogP contribution in [0.1, 0.15) is 53.4 Å². The van der Waals surface area contributed by atoms with Crippen LogP contribution in [0, 0.1) is 0 Å². The molecule has 0 N–H and O–H groups in total. The number of hydrogen-bond donors (Lipinski definition) is 0. The number of rotatable bonds is 8. The third-order valence-electron chi connectivity index (χ3n) is 9.44. The van der Waals surface area contributed by atoms with Crippen LogP contribution in [0.2, 0.25) is 0 Å². The van der Waals surface area contributed by atoms with Crippen LogP contribution in [0.4, 0.5) is 10.5 Å². The highest BCUT2D eigenvalue weighted by molar-refractivity contribution is 5.79. The lowest BCUT2D eigenvalue weighted by Crippen LogP contribution is -2.34. The van der Waals surface area contributed by atoms with Gasteiger partial charge < -0.3 is 18.8 Å². The van der Waals surface area contributed by atoms with Crippen molar-refractivity contribution in [1.82, 2.24) is 4.90 Å². The molecule has 7 rings (SSSR count). The molecule has 5 aromatic rings. The predicted molar refractivity (Wildman–Crippen MR) is 209 cm³/mol. The smallest absolute Gasteiger partial charge is 0.414 e. The minimum absolute atomic E-state index is 0.400. The lowest BCUT2D eigenvalue weighted by atomic mass is 10.0. The second-order valence-corrected chi connectivity index (χ2v) is 14.1. The highest BCUT2D eigenvalue weighted by Gasteiger charge is 2.30. The van der Waals surface area contributed by atoms with Gasteiger partial charge in [-0.2, -0.15) is 4.57 Å². The average molecular weight is 693 g/mol. The number of nitrogens with zero attached hydrogens (tertiary/aromatic N) is 3. The Kier molecular flexibility index (Phi) is 9.61. The molecular weight excluding hydrogens is 647 g/mol. The van der Waals surface area contributed by atoms with Crippen molar-refractivity contribution in [2.75, 3.05) is 18.5 Å². The van der Waals surface area contributed by atoms with Crippen molar-refractivity contribution in [3.05, 3.63) is 144 Å². The van der Waals surface area contributed by atoms with E-state index in [9.17, 15) is 4.79 Å². The van der Waals surface area contributed by atoms with Crippen LogP contribution in [-0.4, -0.2) is 30.2 Å². The summed E-state index contributed by atoms with van der Waals surface area (Å²) in [5.74, 6) is 2.33. The molecule has 0 saturated carbocycles. The van der Waals surface area contributed by atoms with E-state index in [1.807, 2.05) is 57.2 Å². The Bertz CT molecular complexity index is 2240. The predicted octanol–water partition coefficient (Wildman–Crippen LogP) is 10.7. The van der Waals surface area contributed by atoms with Crippen LogP contribution in [0.3, 0.4) is 0 Å². The van der Waals surface area contributed by atoms with Gasteiger partial charge in [0.2, 0.25) is 11.5 Å². The van der Waals surface area contributed by atoms with E-state index in [4.69, 9.17) is 13.9 Å². The van der Waals surface area contributed by atoms with E-state index in [0.29, 0.717) is 0 Å². The summed E-state index contributed by atoms with van der Waals surface area (Å²) in [6, 6.07) is 33.4. The molecule has 0 spiro atoms. The van der Waals surface area contributed by atoms with Crippen molar-refractivity contribution in [3.63, 3.8) is 0 Å². The molecule has 4 aromatic carbocycles. The maximum absolute atomic E-state index is 13.5. The first-order chi connectivity index (χ1) is 25.1. The lowest BCUT2D eigenvalue weighted by molar-refractivity contribution is -0.674. The molecule has 264 valence electrons. The van der Waals surface area contributed by atoms with Crippen molar-refractivity contribution in [1.29, 1.82) is 0 Å². The van der Waals surface area contributed by atoms with E-state index in [1.54, 1.807) is 11.9 Å². The third-order valence-corrected chi connectivity index (χ3v) is 9.44. The van der Waals surface area contributed by atoms with Crippen molar-refractivity contribution < 1.29 is 23.3 Å². The molecule has 1 aliphatic carbocycles. The normalized spacial score (nSPS) is 16.0. The number of amides is 1. The Morgan fingerprint density at radius 3 is 2.17 bits per heavy atom. The summed E-state index contributed by atoms with van der Waals surface area (Å²) in [4.78, 5) is 17.3. The Morgan fingerprint density at radius 1 is 0.846 bits per heavy atom. The molecule has 1 amide bonds. The van der Waals surface area contributed by atoms with Gasteiger partial charge in [-0.1, -0.05) is 78.9 Å². The molecule has 0 unspecified atom stereocenters. The minimum Gasteiger partial charge on any atom is -0.443 e. The van der Waals surface area contributed by atoms with E-state index in [-0.39, 0.29) is 0 Å². The number of carbonyl (C=O) groups excluding carboxylic acids is 1. The van der Waals surface area contributed by atoms with Gasteiger partial charge in [0.1, 0.15) is 12.1 Å². The van der Waals surface area contributed by atoms with Crippen LogP contribution in [-0.2, 0) is 11.3 Å². The van der Waals surface area contributed by atoms with Crippen LogP contribution < -0.4 is 14.2 Å². The van der Waals surface area contributed by atoms with E-state index < -0.39 is 11.7 Å². The van der Waals surface area contributed by atoms with Gasteiger partial charge in [-0.25, -0.2) is 4.79 Å². The van der Waals surface area contributed by atoms with Gasteiger partial charge in [0, 0.05) is 19.7 Å². The fraction of sp³-hybridized carbons (Fsp3) is 0.244. The molecule has 2 heterocycles. The van der Waals surface area contributed by atoms with Crippen LogP contribution in [0.25, 0.3) is 39.4 Å². The number of benzene rings is 4. The van der Waals surface area contributed by atoms with Crippen LogP contribution >= 0.6 is 0 Å². The Balaban J connectivity index is 1.23. The number of ether oxygens (including phenoxy) is 2. The summed E-state index contributed by atoms with van der Waals surface area (Å²) >= 11 is 0. The van der Waals surface area contributed by atoms with Crippen molar-refractivity contribution in [2.45, 2.75) is 59.6 Å². The summed E-state index contributed by atoms with van der Waals surface area (Å²) in [6.07, 6.45) is 9.32. The third kappa shape index (κ3) is 7.04. The second-order valence-electron chi connectivity index (χ2n) is 14.1. The zero-order valence-electron chi connectivity index (χ0n) is 30.9. The number of aromatic nitrogens is 1. The first-order valence-corrected chi connectivity index (χ1v) is 18.1. The SMILES string of the molecule is CCN1C(=CC=C2CCC(C=Cc3oc4ccc(-c5ccccc5)cc4[n+]3CC)=C2N(C)C(=O)OC(C)(C)C)Oc2ccc(-c3ccccc3)cc21. The Labute approximate surface area is 306 Å². The molecule has 7 nitrogen and oxygen atoms in total. The number of aryl methyl sites for hydroxylation is 1. The maximum Gasteiger partial charge on any atom is 0.414 e. The summed E-state index contributed by atoms with van der Waals surface area (Å²) < 4.78 is 20.8. The molecule has 0 radical (unpaired) electrons. The molecule has 0 fully saturated rings. The summed E-state index contributed by atoms with van der Waals surface area (Å²) in [6.45, 7) is 11.4. The largest absolute Gasteiger partial charge is 0.443 e. The fourth-order valence-electron chi connectivity index (χ4n) is 6.96. The maximum atomic E-state index is 13.5. The molecule has 1 aliphatic heterocycles. The average Bonchev–Trinajstić information content (AvgIpc) is 3.84. The topological polar surface area (TPSA) is 59.0 Å². The first-order valence-electron chi connectivity index (χ1n) is 18.1. The number of carbonyl (C=O) groups is 1. The van der Waals surface area contributed by atoms with E-state index in [0.717, 1.165) is 99.3 Å². The number of oxazole rings is 1. The fourth-order valence-corrected chi connectivity index (χ4v) is 6.96. The summed E-state index contributed by atoms with van der Waals surface area (Å²) in [7, 11) is 1.79. The quantitative estimate of drug-likeness (QED) is 0.152. The number of likely N-dealkylation sites (N-methyl/N-ethyl adjacent to an activating group) is 1. The number of allylic oxidation sites excluding steroid dienone is 5. The van der Waals surface area contributed by atoms with Gasteiger partial charge in [0.25, 0.3) is 5.52 Å². The lowest BCUT2D eigenvalue weighted by Gasteiger charge is -2.26. The van der Waals surface area contributed by atoms with E-state index in [1.165, 1.54) is 0 Å². The van der Waals surface area contributed by atoms with Gasteiger partial charge in [-0.3, -0.25) is 4.90 Å². The molecule has 0 atom stereocenters. The first kappa shape index (κ1) is 34.6. The van der Waals surface area contributed by atoms with E-state index in [2.05, 4.69) is 108 Å². The number of hydrogen-bond acceptors (Lipinski definition) is 5. The van der Waals surface area contributed by atoms with Gasteiger partial charge in [-0.15, -0.1) is 0 Å². The number of fused-ring (bicyclic) bond motifs is 2. The highest BCUT2D eigenvalue weighted by atomic mass is 16.6. The molecule has 0 saturated heterocycles. The molecule has 1 aromatic heterocycles. The van der Waals surface area contributed by atoms with Gasteiger partial charge in [-0.05, 0) is 111 Å². The van der Waals surface area contributed by atoms with Crippen LogP contribution in [0.5, 0.6) is 5.75 Å². The van der Waals surface area contributed by atoms with Crippen molar-refractivity contribution >= 4 is 29.0 Å². The molecule has 0 bridgehead atoms. The van der Waals surface area contributed by atoms with Crippen molar-refractivity contribution in [2.24, 2.45) is 0 Å². The Hall–Kier alpha value is -5.82. The van der Waals surface area contributed by atoms with Gasteiger partial charge >= 0.3 is 12.0 Å². The summed E-state index contributed by atoms with van der Waals surface area (Å²) in [5, 5.41) is 0. The van der Waals surface area contributed by atoms with Gasteiger partial charge in [0.15, 0.2) is 5.75 Å². The Morgan fingerprint density at radius 2 is 1.52 bits per heavy atom. The van der Waals surface area contributed by atoms with Crippen molar-refractivity contribution in [3.8, 4) is 28.0 Å². The summed E-state index contributed by atoms with van der Waals surface area (Å²) in [5.41, 5.74) is 9.77. The monoisotopic (exact) mass is 692 g/mol. The van der Waals surface area contributed by atoms with Crippen LogP contribution in [0.15, 0.2) is 142 Å². The zero-order chi connectivity index (χ0) is 36.4. The second kappa shape index (κ2) is 14.4. The standard InChI is InChI=1S/C45H46N3O4/c1-7-47-37-29-35(31-15-11-9-12-16-31)21-25-39(37)50-41(47)27-23-33-19-20-34(43(33)46(6)44(49)52-45(3,4)5)24-28-42-48(8-2)38-30-36(22-26-40(38)51-42)32-17-13-10-14-18-32/h9-18,21-30H,7-8,19-20H2,1-6H3/q+1. The van der Waals surface area contributed by atoms with Gasteiger partial charge in [0.05, 0.1) is 17.5 Å². The molecule has 7 heteroatoms. The molecule has 52 heavy (non-hydrogen) atoms. The minimum atomic E-state index is -0.629. The number of anilines is 1. The molecular formula is C45H46N3O4+. The highest BCUT2D eigenvalue weighted by Crippen LogP contribution is 2.42. The van der Waals surface area contributed by atoms with E-state index >= 15 is 0 Å². The zero-order valence-corrected chi connectivity index (χ0v) is 30.9. The molecule has 2 aliphatic rings.